The first kappa shape index (κ1) is 20.8. The molecule has 2 aliphatic heterocycles. The van der Waals surface area contributed by atoms with E-state index in [0.717, 1.165) is 46.1 Å². The van der Waals surface area contributed by atoms with Crippen LogP contribution in [0.25, 0.3) is 0 Å². The molecule has 5 nitrogen and oxygen atoms in total. The molecule has 164 valence electrons. The number of nitrogens with zero attached hydrogens (tertiary/aromatic N) is 2. The Bertz CT molecular complexity index is 1130. The molecule has 2 aliphatic rings. The Morgan fingerprint density at radius 3 is 2.53 bits per heavy atom. The summed E-state index contributed by atoms with van der Waals surface area (Å²) < 4.78 is 17.8. The van der Waals surface area contributed by atoms with E-state index in [1.807, 2.05) is 31.2 Å². The highest BCUT2D eigenvalue weighted by Gasteiger charge is 2.42. The van der Waals surface area contributed by atoms with Crippen LogP contribution in [0.4, 0.5) is 0 Å². The molecule has 0 bridgehead atoms. The van der Waals surface area contributed by atoms with Gasteiger partial charge in [0.2, 0.25) is 6.23 Å². The zero-order valence-corrected chi connectivity index (χ0v) is 19.3. The molecule has 0 aliphatic carbocycles. The molecule has 0 fully saturated rings. The van der Waals surface area contributed by atoms with Crippen molar-refractivity contribution >= 4 is 17.5 Å². The Hall–Kier alpha value is -3.12. The number of hydrogen-bond acceptors (Lipinski definition) is 6. The molecule has 0 saturated carbocycles. The van der Waals surface area contributed by atoms with Gasteiger partial charge in [-0.1, -0.05) is 24.3 Å². The molecular weight excluding hydrogens is 420 g/mol. The van der Waals surface area contributed by atoms with Gasteiger partial charge in [0, 0.05) is 22.4 Å². The summed E-state index contributed by atoms with van der Waals surface area (Å²) in [7, 11) is 1.68. The van der Waals surface area contributed by atoms with E-state index >= 15 is 0 Å². The Kier molecular flexibility index (Phi) is 5.70. The monoisotopic (exact) mass is 446 g/mol. The second-order valence-corrected chi connectivity index (χ2v) is 8.61. The van der Waals surface area contributed by atoms with Crippen molar-refractivity contribution in [3.63, 3.8) is 0 Å². The highest BCUT2D eigenvalue weighted by atomic mass is 32.2. The maximum absolute atomic E-state index is 6.53. The van der Waals surface area contributed by atoms with E-state index in [0.29, 0.717) is 6.61 Å². The van der Waals surface area contributed by atoms with Crippen molar-refractivity contribution in [1.29, 1.82) is 0 Å². The molecule has 32 heavy (non-hydrogen) atoms. The van der Waals surface area contributed by atoms with Crippen molar-refractivity contribution in [1.82, 2.24) is 5.01 Å². The van der Waals surface area contributed by atoms with Crippen LogP contribution < -0.4 is 14.2 Å². The predicted molar refractivity (Wildman–Crippen MR) is 128 cm³/mol. The van der Waals surface area contributed by atoms with Crippen molar-refractivity contribution < 1.29 is 14.2 Å². The highest BCUT2D eigenvalue weighted by molar-refractivity contribution is 7.98. The van der Waals surface area contributed by atoms with Gasteiger partial charge in [-0.15, -0.1) is 11.8 Å². The summed E-state index contributed by atoms with van der Waals surface area (Å²) in [6.07, 6.45) is 2.56. The minimum atomic E-state index is -0.320. The number of methoxy groups -OCH3 is 1. The number of ether oxygens (including phenoxy) is 3. The second-order valence-electron chi connectivity index (χ2n) is 7.73. The molecule has 6 heteroatoms. The van der Waals surface area contributed by atoms with Gasteiger partial charge in [-0.2, -0.15) is 5.10 Å². The SMILES string of the molecule is CCOc1ccc(C2=NN3[C@@H](C2)c2cccc(OC)c2O[C@H]3c2ccc(SC)cc2)cc1. The van der Waals surface area contributed by atoms with Gasteiger partial charge in [0.25, 0.3) is 0 Å². The van der Waals surface area contributed by atoms with E-state index in [2.05, 4.69) is 53.7 Å². The Morgan fingerprint density at radius 2 is 1.84 bits per heavy atom. The molecule has 2 atom stereocenters. The Labute approximate surface area is 193 Å². The summed E-state index contributed by atoms with van der Waals surface area (Å²) in [4.78, 5) is 1.22. The smallest absolute Gasteiger partial charge is 0.214 e. The van der Waals surface area contributed by atoms with Crippen molar-refractivity contribution in [2.45, 2.75) is 30.5 Å². The molecular formula is C26H26N2O3S. The molecule has 0 saturated heterocycles. The van der Waals surface area contributed by atoms with Gasteiger partial charge in [-0.05, 0) is 61.2 Å². The van der Waals surface area contributed by atoms with Crippen LogP contribution in [0.15, 0.2) is 76.7 Å². The molecule has 5 rings (SSSR count). The maximum atomic E-state index is 6.53. The van der Waals surface area contributed by atoms with Crippen molar-refractivity contribution in [3.05, 3.63) is 83.4 Å². The zero-order chi connectivity index (χ0) is 22.1. The zero-order valence-electron chi connectivity index (χ0n) is 18.4. The predicted octanol–water partition coefficient (Wildman–Crippen LogP) is 6.06. The molecule has 0 spiro atoms. The van der Waals surface area contributed by atoms with E-state index in [1.54, 1.807) is 18.9 Å². The second kappa shape index (κ2) is 8.79. The van der Waals surface area contributed by atoms with Crippen LogP contribution in [-0.2, 0) is 0 Å². The lowest BCUT2D eigenvalue weighted by Gasteiger charge is -2.38. The van der Waals surface area contributed by atoms with Crippen molar-refractivity contribution in [2.75, 3.05) is 20.0 Å². The third-order valence-electron chi connectivity index (χ3n) is 5.90. The van der Waals surface area contributed by atoms with E-state index in [1.165, 1.54) is 4.90 Å². The lowest BCUT2D eigenvalue weighted by molar-refractivity contribution is -0.0209. The summed E-state index contributed by atoms with van der Waals surface area (Å²) in [6.45, 7) is 2.65. The normalized spacial score (nSPS) is 19.0. The van der Waals surface area contributed by atoms with Crippen LogP contribution in [0.2, 0.25) is 0 Å². The number of rotatable bonds is 6. The van der Waals surface area contributed by atoms with Gasteiger partial charge in [0.1, 0.15) is 5.75 Å². The summed E-state index contributed by atoms with van der Waals surface area (Å²) in [5, 5.41) is 7.15. The van der Waals surface area contributed by atoms with Gasteiger partial charge >= 0.3 is 0 Å². The Balaban J connectivity index is 1.55. The standard InChI is InChI=1S/C26H26N2O3S/c1-4-30-19-12-8-17(9-13-19)22-16-23-21-6-5-7-24(29-2)25(21)31-26(28(23)27-22)18-10-14-20(32-3)15-11-18/h5-15,23,26H,4,16H2,1-3H3/t23-,26-/m0/s1. The summed E-state index contributed by atoms with van der Waals surface area (Å²) in [6, 6.07) is 22.8. The van der Waals surface area contributed by atoms with Gasteiger partial charge in [-0.25, -0.2) is 5.01 Å². The summed E-state index contributed by atoms with van der Waals surface area (Å²) in [5.74, 6) is 2.43. The quantitative estimate of drug-likeness (QED) is 0.431. The van der Waals surface area contributed by atoms with E-state index in [-0.39, 0.29) is 12.3 Å². The molecule has 0 radical (unpaired) electrons. The minimum Gasteiger partial charge on any atom is -0.494 e. The van der Waals surface area contributed by atoms with Crippen LogP contribution in [0.1, 0.15) is 42.3 Å². The highest BCUT2D eigenvalue weighted by Crippen LogP contribution is 2.50. The van der Waals surface area contributed by atoms with Crippen LogP contribution in [0, 0.1) is 0 Å². The first-order chi connectivity index (χ1) is 15.7. The van der Waals surface area contributed by atoms with Crippen molar-refractivity contribution in [2.24, 2.45) is 5.10 Å². The number of benzene rings is 3. The lowest BCUT2D eigenvalue weighted by Crippen LogP contribution is -2.33. The van der Waals surface area contributed by atoms with Crippen molar-refractivity contribution in [3.8, 4) is 17.2 Å². The Morgan fingerprint density at radius 1 is 1.06 bits per heavy atom. The fraction of sp³-hybridized carbons (Fsp3) is 0.269. The first-order valence-corrected chi connectivity index (χ1v) is 12.0. The molecule has 3 aromatic rings. The van der Waals surface area contributed by atoms with E-state index in [4.69, 9.17) is 19.3 Å². The number of thioether (sulfide) groups is 1. The van der Waals surface area contributed by atoms with Gasteiger partial charge in [0.15, 0.2) is 11.5 Å². The molecule has 0 N–H and O–H groups in total. The van der Waals surface area contributed by atoms with Gasteiger partial charge in [0.05, 0.1) is 25.5 Å². The third kappa shape index (κ3) is 3.69. The average molecular weight is 447 g/mol. The summed E-state index contributed by atoms with van der Waals surface area (Å²) >= 11 is 1.73. The van der Waals surface area contributed by atoms with Crippen LogP contribution in [-0.4, -0.2) is 30.7 Å². The van der Waals surface area contributed by atoms with Crippen LogP contribution in [0.5, 0.6) is 17.2 Å². The minimum absolute atomic E-state index is 0.0839. The number of hydrogen-bond donors (Lipinski definition) is 0. The molecule has 0 amide bonds. The molecule has 0 unspecified atom stereocenters. The van der Waals surface area contributed by atoms with E-state index in [9.17, 15) is 0 Å². The topological polar surface area (TPSA) is 43.3 Å². The third-order valence-corrected chi connectivity index (χ3v) is 6.64. The number of hydrazone groups is 1. The molecule has 0 aromatic heterocycles. The maximum Gasteiger partial charge on any atom is 0.214 e. The van der Waals surface area contributed by atoms with Crippen LogP contribution >= 0.6 is 11.8 Å². The fourth-order valence-corrected chi connectivity index (χ4v) is 4.73. The number of para-hydroxylation sites is 1. The van der Waals surface area contributed by atoms with Gasteiger partial charge < -0.3 is 14.2 Å². The first-order valence-electron chi connectivity index (χ1n) is 10.8. The van der Waals surface area contributed by atoms with E-state index < -0.39 is 0 Å². The lowest BCUT2D eigenvalue weighted by atomic mass is 9.95. The number of fused-ring (bicyclic) bond motifs is 3. The van der Waals surface area contributed by atoms with Crippen LogP contribution in [0.3, 0.4) is 0 Å². The average Bonchev–Trinajstić information content (AvgIpc) is 3.30. The molecule has 2 heterocycles. The van der Waals surface area contributed by atoms with Gasteiger partial charge in [-0.3, -0.25) is 0 Å². The molecule has 3 aromatic carbocycles. The fourth-order valence-electron chi connectivity index (χ4n) is 4.32. The summed E-state index contributed by atoms with van der Waals surface area (Å²) in [5.41, 5.74) is 4.32. The largest absolute Gasteiger partial charge is 0.494 e.